The summed E-state index contributed by atoms with van der Waals surface area (Å²) in [5.41, 5.74) is 0.808. The smallest absolute Gasteiger partial charge is 0.422 e. The minimum absolute atomic E-state index is 0.0541. The third-order valence-corrected chi connectivity index (χ3v) is 4.38. The monoisotopic (exact) mass is 402 g/mol. The van der Waals surface area contributed by atoms with Crippen LogP contribution in [0.3, 0.4) is 0 Å². The number of aliphatic imine (C=N–C) groups is 1. The minimum atomic E-state index is -4.37. The van der Waals surface area contributed by atoms with Gasteiger partial charge in [0.15, 0.2) is 12.6 Å². The van der Waals surface area contributed by atoms with Gasteiger partial charge in [0, 0.05) is 39.0 Å². The molecule has 0 radical (unpaired) electrons. The van der Waals surface area contributed by atoms with E-state index in [-0.39, 0.29) is 5.88 Å². The van der Waals surface area contributed by atoms with E-state index < -0.39 is 12.8 Å². The lowest BCUT2D eigenvalue weighted by molar-refractivity contribution is -0.154. The van der Waals surface area contributed by atoms with Crippen molar-refractivity contribution in [2.75, 3.05) is 26.8 Å². The molecule has 0 atom stereocenters. The van der Waals surface area contributed by atoms with E-state index in [1.54, 1.807) is 13.1 Å². The van der Waals surface area contributed by atoms with E-state index in [0.717, 1.165) is 25.1 Å². The zero-order chi connectivity index (χ0) is 20.2. The minimum Gasteiger partial charge on any atom is -0.468 e. The summed E-state index contributed by atoms with van der Waals surface area (Å²) in [5.74, 6) is 0.594. The van der Waals surface area contributed by atoms with Crippen LogP contribution < -0.4 is 15.4 Å². The third kappa shape index (κ3) is 9.25. The number of hydrogen-bond acceptors (Lipinski definition) is 4. The Balaban J connectivity index is 1.60. The molecule has 0 saturated heterocycles. The van der Waals surface area contributed by atoms with Crippen LogP contribution in [0.1, 0.15) is 44.1 Å². The maximum atomic E-state index is 12.1. The molecule has 1 aliphatic carbocycles. The molecule has 2 N–H and O–H groups in total. The molecule has 1 aromatic rings. The quantitative estimate of drug-likeness (QED) is 0.376. The molecule has 1 aromatic heterocycles. The van der Waals surface area contributed by atoms with Crippen LogP contribution in [0.5, 0.6) is 5.88 Å². The molecule has 1 heterocycles. The third-order valence-electron chi connectivity index (χ3n) is 4.38. The first-order valence-corrected chi connectivity index (χ1v) is 9.67. The second kappa shape index (κ2) is 11.7. The molecule has 158 valence electrons. The molecule has 1 saturated carbocycles. The maximum Gasteiger partial charge on any atom is 0.422 e. The largest absolute Gasteiger partial charge is 0.468 e. The van der Waals surface area contributed by atoms with Crippen molar-refractivity contribution in [1.29, 1.82) is 0 Å². The zero-order valence-electron chi connectivity index (χ0n) is 16.2. The molecule has 0 bridgehead atoms. The number of guanidine groups is 1. The van der Waals surface area contributed by atoms with Crippen LogP contribution in [0, 0.1) is 0 Å². The van der Waals surface area contributed by atoms with E-state index in [9.17, 15) is 13.2 Å². The molecule has 2 rings (SSSR count). The van der Waals surface area contributed by atoms with Gasteiger partial charge in [-0.25, -0.2) is 4.98 Å². The van der Waals surface area contributed by atoms with Gasteiger partial charge in [-0.15, -0.1) is 0 Å². The summed E-state index contributed by atoms with van der Waals surface area (Å²) in [6, 6.07) is 3.08. The summed E-state index contributed by atoms with van der Waals surface area (Å²) in [6.07, 6.45) is 4.61. The molecular weight excluding hydrogens is 373 g/mol. The molecule has 1 aliphatic rings. The van der Waals surface area contributed by atoms with E-state index in [1.165, 1.54) is 44.4 Å². The van der Waals surface area contributed by atoms with Crippen LogP contribution in [0.25, 0.3) is 0 Å². The van der Waals surface area contributed by atoms with Crippen LogP contribution in [0.4, 0.5) is 13.2 Å². The summed E-state index contributed by atoms with van der Waals surface area (Å²) < 4.78 is 46.8. The first kappa shape index (κ1) is 22.3. The molecule has 28 heavy (non-hydrogen) atoms. The number of nitrogens with zero attached hydrogens (tertiary/aromatic N) is 2. The predicted molar refractivity (Wildman–Crippen MR) is 101 cm³/mol. The number of alkyl halides is 3. The van der Waals surface area contributed by atoms with Crippen LogP contribution >= 0.6 is 0 Å². The van der Waals surface area contributed by atoms with Crippen molar-refractivity contribution >= 4 is 5.96 Å². The second-order valence-corrected chi connectivity index (χ2v) is 6.75. The topological polar surface area (TPSA) is 67.8 Å². The standard InChI is InChI=1S/C19H29F3N4O2/c1-23-18(24-10-5-11-27-16-6-3-2-4-7-16)26-13-15-8-9-17(25-12-15)28-14-19(20,21)22/h8-9,12,16H,2-7,10-11,13-14H2,1H3,(H2,23,24,26). The molecule has 0 amide bonds. The number of ether oxygens (including phenoxy) is 2. The lowest BCUT2D eigenvalue weighted by Gasteiger charge is -2.22. The van der Waals surface area contributed by atoms with E-state index in [1.807, 2.05) is 0 Å². The van der Waals surface area contributed by atoms with Gasteiger partial charge in [0.25, 0.3) is 0 Å². The molecule has 0 unspecified atom stereocenters. The molecule has 0 spiro atoms. The summed E-state index contributed by atoms with van der Waals surface area (Å²) in [7, 11) is 1.68. The van der Waals surface area contributed by atoms with Crippen molar-refractivity contribution in [2.45, 2.75) is 57.3 Å². The normalized spacial score (nSPS) is 16.1. The summed E-state index contributed by atoms with van der Waals surface area (Å²) in [6.45, 7) is 0.580. The predicted octanol–water partition coefficient (Wildman–Crippen LogP) is 3.43. The highest BCUT2D eigenvalue weighted by Crippen LogP contribution is 2.20. The highest BCUT2D eigenvalue weighted by Gasteiger charge is 2.28. The maximum absolute atomic E-state index is 12.1. The second-order valence-electron chi connectivity index (χ2n) is 6.75. The highest BCUT2D eigenvalue weighted by molar-refractivity contribution is 5.79. The van der Waals surface area contributed by atoms with Crippen molar-refractivity contribution in [3.05, 3.63) is 23.9 Å². The van der Waals surface area contributed by atoms with Crippen LogP contribution in [0.15, 0.2) is 23.3 Å². The van der Waals surface area contributed by atoms with E-state index in [2.05, 4.69) is 25.3 Å². The fourth-order valence-corrected chi connectivity index (χ4v) is 2.92. The summed E-state index contributed by atoms with van der Waals surface area (Å²) in [5, 5.41) is 6.35. The first-order chi connectivity index (χ1) is 13.5. The number of pyridine rings is 1. The summed E-state index contributed by atoms with van der Waals surface area (Å²) in [4.78, 5) is 8.03. The average molecular weight is 402 g/mol. The number of aromatic nitrogens is 1. The Morgan fingerprint density at radius 2 is 2.00 bits per heavy atom. The first-order valence-electron chi connectivity index (χ1n) is 9.67. The van der Waals surface area contributed by atoms with Gasteiger partial charge in [0.1, 0.15) is 0 Å². The van der Waals surface area contributed by atoms with Crippen molar-refractivity contribution in [2.24, 2.45) is 4.99 Å². The van der Waals surface area contributed by atoms with Gasteiger partial charge in [-0.2, -0.15) is 13.2 Å². The number of rotatable bonds is 9. The lowest BCUT2D eigenvalue weighted by Crippen LogP contribution is -2.37. The van der Waals surface area contributed by atoms with Crippen LogP contribution in [0.2, 0.25) is 0 Å². The zero-order valence-corrected chi connectivity index (χ0v) is 16.2. The Hall–Kier alpha value is -2.03. The Morgan fingerprint density at radius 3 is 2.64 bits per heavy atom. The molecule has 9 heteroatoms. The molecule has 6 nitrogen and oxygen atoms in total. The average Bonchev–Trinajstić information content (AvgIpc) is 2.69. The van der Waals surface area contributed by atoms with E-state index in [0.29, 0.717) is 18.6 Å². The summed E-state index contributed by atoms with van der Waals surface area (Å²) >= 11 is 0. The van der Waals surface area contributed by atoms with Gasteiger partial charge >= 0.3 is 6.18 Å². The number of halogens is 3. The Labute approximate surface area is 163 Å². The fraction of sp³-hybridized carbons (Fsp3) is 0.684. The lowest BCUT2D eigenvalue weighted by atomic mass is 9.98. The van der Waals surface area contributed by atoms with Crippen molar-refractivity contribution < 1.29 is 22.6 Å². The van der Waals surface area contributed by atoms with Gasteiger partial charge in [0.05, 0.1) is 6.10 Å². The van der Waals surface area contributed by atoms with Crippen LogP contribution in [-0.4, -0.2) is 50.0 Å². The van der Waals surface area contributed by atoms with Crippen LogP contribution in [-0.2, 0) is 11.3 Å². The van der Waals surface area contributed by atoms with E-state index >= 15 is 0 Å². The molecular formula is C19H29F3N4O2. The molecule has 0 aliphatic heterocycles. The Kier molecular flexibility index (Phi) is 9.33. The molecule has 0 aromatic carbocycles. The van der Waals surface area contributed by atoms with Gasteiger partial charge < -0.3 is 20.1 Å². The number of nitrogens with one attached hydrogen (secondary N) is 2. The van der Waals surface area contributed by atoms with Crippen molar-refractivity contribution in [3.63, 3.8) is 0 Å². The Morgan fingerprint density at radius 1 is 1.21 bits per heavy atom. The van der Waals surface area contributed by atoms with Gasteiger partial charge in [-0.05, 0) is 24.8 Å². The van der Waals surface area contributed by atoms with Crippen molar-refractivity contribution in [3.8, 4) is 5.88 Å². The Bertz CT molecular complexity index is 588. The fourth-order valence-electron chi connectivity index (χ4n) is 2.92. The number of hydrogen-bond donors (Lipinski definition) is 2. The molecule has 1 fully saturated rings. The van der Waals surface area contributed by atoms with E-state index in [4.69, 9.17) is 4.74 Å². The van der Waals surface area contributed by atoms with Gasteiger partial charge in [-0.1, -0.05) is 25.3 Å². The highest BCUT2D eigenvalue weighted by atomic mass is 19.4. The SMILES string of the molecule is CN=C(NCCCOC1CCCCC1)NCc1ccc(OCC(F)(F)F)nc1. The van der Waals surface area contributed by atoms with Crippen molar-refractivity contribution in [1.82, 2.24) is 15.6 Å². The van der Waals surface area contributed by atoms with Gasteiger partial charge in [-0.3, -0.25) is 4.99 Å². The van der Waals surface area contributed by atoms with Gasteiger partial charge in [0.2, 0.25) is 5.88 Å².